The number of fused-ring (bicyclic) bond motifs is 1. The molecule has 0 atom stereocenters. The van der Waals surface area contributed by atoms with E-state index in [9.17, 15) is 9.59 Å². The van der Waals surface area contributed by atoms with Crippen molar-refractivity contribution in [3.05, 3.63) is 58.9 Å². The van der Waals surface area contributed by atoms with Gasteiger partial charge in [-0.1, -0.05) is 41.7 Å². The third kappa shape index (κ3) is 4.00. The fraction of sp³-hybridized carbons (Fsp3) is 0.211. The number of ether oxygens (including phenoxy) is 2. The van der Waals surface area contributed by atoms with E-state index in [4.69, 9.17) is 9.47 Å². The predicted molar refractivity (Wildman–Crippen MR) is 99.1 cm³/mol. The van der Waals surface area contributed by atoms with Crippen LogP contribution in [0.3, 0.4) is 0 Å². The first kappa shape index (κ1) is 17.9. The van der Waals surface area contributed by atoms with Crippen LogP contribution in [0.25, 0.3) is 10.2 Å². The molecule has 1 aromatic heterocycles. The molecule has 7 heteroatoms. The Morgan fingerprint density at radius 3 is 2.58 bits per heavy atom. The molecular formula is C19H18N2O4S. The average molecular weight is 370 g/mol. The second kappa shape index (κ2) is 7.97. The number of nitrogens with zero attached hydrogens (tertiary/aromatic N) is 2. The highest BCUT2D eigenvalue weighted by molar-refractivity contribution is 7.16. The van der Waals surface area contributed by atoms with Gasteiger partial charge in [-0.25, -0.2) is 0 Å². The molecule has 1 heterocycles. The molecule has 3 aromatic rings. The van der Waals surface area contributed by atoms with Crippen molar-refractivity contribution in [2.45, 2.75) is 13.0 Å². The van der Waals surface area contributed by atoms with E-state index in [0.717, 1.165) is 15.8 Å². The Labute approximate surface area is 154 Å². The maximum absolute atomic E-state index is 12.4. The van der Waals surface area contributed by atoms with Crippen LogP contribution < -0.4 is 9.54 Å². The number of thiazole rings is 1. The van der Waals surface area contributed by atoms with Gasteiger partial charge in [0.25, 0.3) is 5.91 Å². The number of amides is 1. The molecule has 0 bridgehead atoms. The number of carbonyl (C=O) groups excluding carboxylic acids is 2. The normalized spacial score (nSPS) is 11.5. The molecule has 0 radical (unpaired) electrons. The van der Waals surface area contributed by atoms with Crippen molar-refractivity contribution in [2.75, 3.05) is 14.2 Å². The van der Waals surface area contributed by atoms with Gasteiger partial charge in [0, 0.05) is 0 Å². The Bertz CT molecular complexity index is 1010. The number of hydrogen-bond acceptors (Lipinski definition) is 5. The summed E-state index contributed by atoms with van der Waals surface area (Å²) in [6, 6.07) is 14.9. The van der Waals surface area contributed by atoms with E-state index >= 15 is 0 Å². The van der Waals surface area contributed by atoms with Crippen LogP contribution in [0.2, 0.25) is 0 Å². The maximum Gasteiger partial charge on any atom is 0.325 e. The van der Waals surface area contributed by atoms with Crippen molar-refractivity contribution in [3.8, 4) is 5.75 Å². The third-order valence-electron chi connectivity index (χ3n) is 3.82. The zero-order valence-corrected chi connectivity index (χ0v) is 15.3. The summed E-state index contributed by atoms with van der Waals surface area (Å²) in [5.41, 5.74) is 1.69. The van der Waals surface area contributed by atoms with Crippen molar-refractivity contribution in [1.82, 2.24) is 4.57 Å². The molecule has 2 aromatic carbocycles. The van der Waals surface area contributed by atoms with Gasteiger partial charge in [0.05, 0.1) is 30.9 Å². The van der Waals surface area contributed by atoms with E-state index in [2.05, 4.69) is 4.99 Å². The minimum atomic E-state index is -0.405. The molecule has 3 rings (SSSR count). The lowest BCUT2D eigenvalue weighted by Gasteiger charge is -2.04. The fourth-order valence-electron chi connectivity index (χ4n) is 2.53. The zero-order valence-electron chi connectivity index (χ0n) is 14.5. The van der Waals surface area contributed by atoms with Crippen molar-refractivity contribution in [3.63, 3.8) is 0 Å². The molecule has 0 aliphatic rings. The molecule has 0 saturated heterocycles. The van der Waals surface area contributed by atoms with Crippen LogP contribution in [0.1, 0.15) is 5.56 Å². The monoisotopic (exact) mass is 370 g/mol. The van der Waals surface area contributed by atoms with E-state index in [-0.39, 0.29) is 18.9 Å². The van der Waals surface area contributed by atoms with Crippen LogP contribution >= 0.6 is 11.3 Å². The summed E-state index contributed by atoms with van der Waals surface area (Å²) >= 11 is 1.33. The number of methoxy groups -OCH3 is 2. The number of rotatable bonds is 5. The summed E-state index contributed by atoms with van der Waals surface area (Å²) in [5, 5.41) is 0. The van der Waals surface area contributed by atoms with Gasteiger partial charge in [-0.3, -0.25) is 9.59 Å². The van der Waals surface area contributed by atoms with Gasteiger partial charge >= 0.3 is 5.97 Å². The Morgan fingerprint density at radius 1 is 1.12 bits per heavy atom. The lowest BCUT2D eigenvalue weighted by Crippen LogP contribution is -2.22. The van der Waals surface area contributed by atoms with Gasteiger partial charge in [0.15, 0.2) is 4.80 Å². The van der Waals surface area contributed by atoms with E-state index < -0.39 is 5.97 Å². The summed E-state index contributed by atoms with van der Waals surface area (Å²) in [5.74, 6) is 0.0249. The van der Waals surface area contributed by atoms with Crippen LogP contribution in [0.4, 0.5) is 0 Å². The molecule has 0 unspecified atom stereocenters. The molecule has 0 spiro atoms. The first-order valence-electron chi connectivity index (χ1n) is 7.96. The number of carbonyl (C=O) groups is 2. The smallest absolute Gasteiger partial charge is 0.325 e. The molecular weight excluding hydrogens is 352 g/mol. The van der Waals surface area contributed by atoms with Crippen molar-refractivity contribution in [2.24, 2.45) is 4.99 Å². The van der Waals surface area contributed by atoms with Crippen LogP contribution in [0, 0.1) is 0 Å². The number of aromatic nitrogens is 1. The molecule has 0 N–H and O–H groups in total. The highest BCUT2D eigenvalue weighted by atomic mass is 32.1. The van der Waals surface area contributed by atoms with E-state index in [1.165, 1.54) is 18.4 Å². The summed E-state index contributed by atoms with van der Waals surface area (Å²) < 4.78 is 12.6. The van der Waals surface area contributed by atoms with Gasteiger partial charge in [-0.15, -0.1) is 0 Å². The number of esters is 1. The van der Waals surface area contributed by atoms with Gasteiger partial charge in [0.1, 0.15) is 12.3 Å². The molecule has 134 valence electrons. The van der Waals surface area contributed by atoms with Crippen molar-refractivity contribution in [1.29, 1.82) is 0 Å². The minimum absolute atomic E-state index is 0.0136. The Morgan fingerprint density at radius 2 is 1.88 bits per heavy atom. The SMILES string of the molecule is COC(=O)Cn1c(=NC(=O)Cc2ccccc2)sc2cc(OC)ccc21. The average Bonchev–Trinajstić information content (AvgIpc) is 2.98. The zero-order chi connectivity index (χ0) is 18.5. The van der Waals surface area contributed by atoms with E-state index in [1.807, 2.05) is 42.5 Å². The predicted octanol–water partition coefficient (Wildman–Crippen LogP) is 2.55. The molecule has 0 aliphatic heterocycles. The van der Waals surface area contributed by atoms with Gasteiger partial charge in [0.2, 0.25) is 0 Å². The molecule has 6 nitrogen and oxygen atoms in total. The van der Waals surface area contributed by atoms with Crippen LogP contribution in [-0.2, 0) is 27.3 Å². The lowest BCUT2D eigenvalue weighted by atomic mass is 10.1. The maximum atomic E-state index is 12.4. The Kier molecular flexibility index (Phi) is 5.48. The van der Waals surface area contributed by atoms with Gasteiger partial charge in [-0.05, 0) is 23.8 Å². The van der Waals surface area contributed by atoms with Gasteiger partial charge < -0.3 is 14.0 Å². The number of benzene rings is 2. The third-order valence-corrected chi connectivity index (χ3v) is 4.86. The molecule has 26 heavy (non-hydrogen) atoms. The Hall–Kier alpha value is -2.93. The van der Waals surface area contributed by atoms with Crippen LogP contribution in [-0.4, -0.2) is 30.7 Å². The highest BCUT2D eigenvalue weighted by Gasteiger charge is 2.12. The molecule has 0 fully saturated rings. The lowest BCUT2D eigenvalue weighted by molar-refractivity contribution is -0.141. The topological polar surface area (TPSA) is 69.9 Å². The van der Waals surface area contributed by atoms with E-state index in [1.54, 1.807) is 17.7 Å². The minimum Gasteiger partial charge on any atom is -0.497 e. The fourth-order valence-corrected chi connectivity index (χ4v) is 3.60. The van der Waals surface area contributed by atoms with Gasteiger partial charge in [-0.2, -0.15) is 4.99 Å². The highest BCUT2D eigenvalue weighted by Crippen LogP contribution is 2.23. The van der Waals surface area contributed by atoms with E-state index in [0.29, 0.717) is 10.6 Å². The second-order valence-corrected chi connectivity index (χ2v) is 6.56. The molecule has 1 amide bonds. The van der Waals surface area contributed by atoms with Crippen molar-refractivity contribution < 1.29 is 19.1 Å². The molecule has 0 aliphatic carbocycles. The summed E-state index contributed by atoms with van der Waals surface area (Å²) in [6.07, 6.45) is 0.205. The largest absolute Gasteiger partial charge is 0.497 e. The first-order valence-corrected chi connectivity index (χ1v) is 8.78. The second-order valence-electron chi connectivity index (χ2n) is 5.55. The quantitative estimate of drug-likeness (QED) is 0.647. The standard InChI is InChI=1S/C19H18N2O4S/c1-24-14-8-9-15-16(11-14)26-19(21(15)12-18(23)25-2)20-17(22)10-13-6-4-3-5-7-13/h3-9,11H,10,12H2,1-2H3. The van der Waals surface area contributed by atoms with Crippen LogP contribution in [0.15, 0.2) is 53.5 Å². The summed E-state index contributed by atoms with van der Waals surface area (Å²) in [6.45, 7) is -0.0136. The van der Waals surface area contributed by atoms with Crippen molar-refractivity contribution >= 4 is 33.4 Å². The Balaban J connectivity index is 2.03. The van der Waals surface area contributed by atoms with Crippen LogP contribution in [0.5, 0.6) is 5.75 Å². The summed E-state index contributed by atoms with van der Waals surface area (Å²) in [4.78, 5) is 28.8. The number of hydrogen-bond donors (Lipinski definition) is 0. The molecule has 0 saturated carbocycles. The summed E-state index contributed by atoms with van der Waals surface area (Å²) in [7, 11) is 2.92. The first-order chi connectivity index (χ1) is 12.6.